The summed E-state index contributed by atoms with van der Waals surface area (Å²) in [7, 11) is 0. The summed E-state index contributed by atoms with van der Waals surface area (Å²) in [5.74, 6) is 0.606. The third-order valence-corrected chi connectivity index (χ3v) is 3.67. The summed E-state index contributed by atoms with van der Waals surface area (Å²) < 4.78 is 0. The minimum Gasteiger partial charge on any atom is -0.310 e. The maximum absolute atomic E-state index is 3.71. The van der Waals surface area contributed by atoms with Gasteiger partial charge in [0, 0.05) is 6.04 Å². The van der Waals surface area contributed by atoms with Crippen LogP contribution in [0.1, 0.15) is 37.4 Å². The predicted molar refractivity (Wildman–Crippen MR) is 86.8 cm³/mol. The van der Waals surface area contributed by atoms with E-state index in [1.807, 2.05) is 0 Å². The Bertz CT molecular complexity index is 476. The van der Waals surface area contributed by atoms with Crippen LogP contribution in [0.3, 0.4) is 0 Å². The minimum atomic E-state index is 0.451. The van der Waals surface area contributed by atoms with Crippen LogP contribution < -0.4 is 5.32 Å². The summed E-state index contributed by atoms with van der Waals surface area (Å²) in [4.78, 5) is 0. The van der Waals surface area contributed by atoms with Crippen LogP contribution in [-0.2, 0) is 6.42 Å². The zero-order chi connectivity index (χ0) is 14.2. The largest absolute Gasteiger partial charge is 0.310 e. The summed E-state index contributed by atoms with van der Waals surface area (Å²) in [6.07, 6.45) is 2.33. The van der Waals surface area contributed by atoms with Gasteiger partial charge in [0.05, 0.1) is 0 Å². The number of aryl methyl sites for hydroxylation is 1. The molecule has 0 radical (unpaired) electrons. The van der Waals surface area contributed by atoms with Crippen LogP contribution in [0.15, 0.2) is 60.7 Å². The highest BCUT2D eigenvalue weighted by Gasteiger charge is 2.14. The lowest BCUT2D eigenvalue weighted by molar-refractivity contribution is 0.409. The highest BCUT2D eigenvalue weighted by atomic mass is 14.9. The van der Waals surface area contributed by atoms with E-state index in [1.165, 1.54) is 17.5 Å². The van der Waals surface area contributed by atoms with Crippen LogP contribution in [0.4, 0.5) is 0 Å². The second kappa shape index (κ2) is 7.86. The highest BCUT2D eigenvalue weighted by molar-refractivity contribution is 5.19. The van der Waals surface area contributed by atoms with Crippen molar-refractivity contribution in [3.05, 3.63) is 71.8 Å². The van der Waals surface area contributed by atoms with Crippen LogP contribution in [-0.4, -0.2) is 6.54 Å². The van der Waals surface area contributed by atoms with Gasteiger partial charge in [-0.15, -0.1) is 0 Å². The van der Waals surface area contributed by atoms with Gasteiger partial charge < -0.3 is 5.32 Å². The molecule has 0 aliphatic heterocycles. The van der Waals surface area contributed by atoms with E-state index in [-0.39, 0.29) is 0 Å². The summed E-state index contributed by atoms with van der Waals surface area (Å²) in [5.41, 5.74) is 2.82. The fraction of sp³-hybridized carbons (Fsp3) is 0.368. The van der Waals surface area contributed by atoms with Gasteiger partial charge in [-0.1, -0.05) is 74.5 Å². The second-order valence-electron chi connectivity index (χ2n) is 5.68. The van der Waals surface area contributed by atoms with Crippen LogP contribution >= 0.6 is 0 Å². The fourth-order valence-electron chi connectivity index (χ4n) is 2.59. The second-order valence-corrected chi connectivity index (χ2v) is 5.68. The molecule has 2 aromatic rings. The van der Waals surface area contributed by atoms with E-state index in [4.69, 9.17) is 0 Å². The van der Waals surface area contributed by atoms with Crippen molar-refractivity contribution >= 4 is 0 Å². The van der Waals surface area contributed by atoms with Gasteiger partial charge in [-0.2, -0.15) is 0 Å². The zero-order valence-corrected chi connectivity index (χ0v) is 12.5. The van der Waals surface area contributed by atoms with E-state index in [0.717, 1.165) is 13.0 Å². The van der Waals surface area contributed by atoms with Gasteiger partial charge in [-0.05, 0) is 36.4 Å². The van der Waals surface area contributed by atoms with Gasteiger partial charge in [0.1, 0.15) is 0 Å². The molecule has 1 atom stereocenters. The fourth-order valence-corrected chi connectivity index (χ4v) is 2.59. The van der Waals surface area contributed by atoms with Crippen molar-refractivity contribution in [1.29, 1.82) is 0 Å². The summed E-state index contributed by atoms with van der Waals surface area (Å²) in [6.45, 7) is 5.62. The molecule has 1 N–H and O–H groups in total. The number of nitrogens with one attached hydrogen (secondary N) is 1. The van der Waals surface area contributed by atoms with Crippen LogP contribution in [0.5, 0.6) is 0 Å². The van der Waals surface area contributed by atoms with E-state index < -0.39 is 0 Å². The Labute approximate surface area is 123 Å². The third-order valence-electron chi connectivity index (χ3n) is 3.67. The normalized spacial score (nSPS) is 12.6. The molecule has 20 heavy (non-hydrogen) atoms. The molecule has 106 valence electrons. The first-order valence-corrected chi connectivity index (χ1v) is 7.59. The molecule has 0 fully saturated rings. The third kappa shape index (κ3) is 4.50. The Morgan fingerprint density at radius 2 is 1.45 bits per heavy atom. The van der Waals surface area contributed by atoms with Crippen molar-refractivity contribution in [1.82, 2.24) is 5.32 Å². The summed E-state index contributed by atoms with van der Waals surface area (Å²) >= 11 is 0. The standard InChI is InChI=1S/C19H25N/c1-16(2)19(18-13-7-4-8-14-18)20-15-9-12-17-10-5-3-6-11-17/h3-8,10-11,13-14,16,19-20H,9,12,15H2,1-2H3. The first-order chi connectivity index (χ1) is 9.77. The average molecular weight is 267 g/mol. The molecule has 0 spiro atoms. The lowest BCUT2D eigenvalue weighted by Gasteiger charge is -2.23. The van der Waals surface area contributed by atoms with Crippen molar-refractivity contribution in [3.8, 4) is 0 Å². The average Bonchev–Trinajstić information content (AvgIpc) is 2.49. The lowest BCUT2D eigenvalue weighted by Crippen LogP contribution is -2.26. The quantitative estimate of drug-likeness (QED) is 0.723. The Balaban J connectivity index is 1.82. The Morgan fingerprint density at radius 1 is 0.850 bits per heavy atom. The molecule has 0 aliphatic rings. The molecule has 2 rings (SSSR count). The maximum atomic E-state index is 3.71. The van der Waals surface area contributed by atoms with E-state index in [0.29, 0.717) is 12.0 Å². The molecular weight excluding hydrogens is 242 g/mol. The van der Waals surface area contributed by atoms with Gasteiger partial charge >= 0.3 is 0 Å². The highest BCUT2D eigenvalue weighted by Crippen LogP contribution is 2.21. The summed E-state index contributed by atoms with van der Waals surface area (Å²) in [6, 6.07) is 21.9. The predicted octanol–water partition coefficient (Wildman–Crippen LogP) is 4.61. The van der Waals surface area contributed by atoms with Crippen molar-refractivity contribution in [2.24, 2.45) is 5.92 Å². The van der Waals surface area contributed by atoms with Gasteiger partial charge in [-0.3, -0.25) is 0 Å². The summed E-state index contributed by atoms with van der Waals surface area (Å²) in [5, 5.41) is 3.71. The maximum Gasteiger partial charge on any atom is 0.0343 e. The molecular formula is C19H25N. The molecule has 0 amide bonds. The minimum absolute atomic E-state index is 0.451. The molecule has 0 saturated heterocycles. The van der Waals surface area contributed by atoms with Gasteiger partial charge in [0.2, 0.25) is 0 Å². The Hall–Kier alpha value is -1.60. The lowest BCUT2D eigenvalue weighted by atomic mass is 9.96. The molecule has 0 heterocycles. The molecule has 1 unspecified atom stereocenters. The number of hydrogen-bond donors (Lipinski definition) is 1. The first kappa shape index (κ1) is 14.8. The van der Waals surface area contributed by atoms with Crippen molar-refractivity contribution in [2.45, 2.75) is 32.7 Å². The first-order valence-electron chi connectivity index (χ1n) is 7.59. The topological polar surface area (TPSA) is 12.0 Å². The monoisotopic (exact) mass is 267 g/mol. The molecule has 0 aliphatic carbocycles. The van der Waals surface area contributed by atoms with E-state index in [9.17, 15) is 0 Å². The van der Waals surface area contributed by atoms with Crippen LogP contribution in [0, 0.1) is 5.92 Å². The van der Waals surface area contributed by atoms with Crippen molar-refractivity contribution in [2.75, 3.05) is 6.54 Å². The number of hydrogen-bond acceptors (Lipinski definition) is 1. The molecule has 1 heteroatoms. The Kier molecular flexibility index (Phi) is 5.82. The van der Waals surface area contributed by atoms with E-state index in [1.54, 1.807) is 0 Å². The molecule has 1 nitrogen and oxygen atoms in total. The van der Waals surface area contributed by atoms with E-state index >= 15 is 0 Å². The molecule has 0 bridgehead atoms. The van der Waals surface area contributed by atoms with Gasteiger partial charge in [0.15, 0.2) is 0 Å². The van der Waals surface area contributed by atoms with Gasteiger partial charge in [0.25, 0.3) is 0 Å². The number of rotatable bonds is 7. The number of benzene rings is 2. The molecule has 0 saturated carbocycles. The van der Waals surface area contributed by atoms with Crippen molar-refractivity contribution < 1.29 is 0 Å². The van der Waals surface area contributed by atoms with E-state index in [2.05, 4.69) is 79.8 Å². The molecule has 0 aromatic heterocycles. The van der Waals surface area contributed by atoms with Crippen molar-refractivity contribution in [3.63, 3.8) is 0 Å². The molecule has 2 aromatic carbocycles. The van der Waals surface area contributed by atoms with Crippen LogP contribution in [0.2, 0.25) is 0 Å². The Morgan fingerprint density at radius 3 is 2.05 bits per heavy atom. The zero-order valence-electron chi connectivity index (χ0n) is 12.5. The SMILES string of the molecule is CC(C)C(NCCCc1ccccc1)c1ccccc1. The van der Waals surface area contributed by atoms with Crippen LogP contribution in [0.25, 0.3) is 0 Å². The smallest absolute Gasteiger partial charge is 0.0343 e. The van der Waals surface area contributed by atoms with Gasteiger partial charge in [-0.25, -0.2) is 0 Å².